The van der Waals surface area contributed by atoms with Crippen molar-refractivity contribution in [2.45, 2.75) is 45.6 Å². The number of nitrogens with two attached hydrogens (primary N) is 1. The van der Waals surface area contributed by atoms with Gasteiger partial charge in [0, 0.05) is 6.04 Å². The topological polar surface area (TPSA) is 29.3 Å². The molecule has 2 N–H and O–H groups in total. The first-order valence-electron chi connectivity index (χ1n) is 7.80. The van der Waals surface area contributed by atoms with E-state index in [0.29, 0.717) is 5.56 Å². The second-order valence-electron chi connectivity index (χ2n) is 6.28. The van der Waals surface area contributed by atoms with Crippen molar-refractivity contribution in [1.29, 1.82) is 0 Å². The van der Waals surface area contributed by atoms with Gasteiger partial charge in [-0.15, -0.1) is 0 Å². The molecule has 1 aliphatic heterocycles. The average molecular weight is 278 g/mol. The van der Waals surface area contributed by atoms with E-state index in [-0.39, 0.29) is 11.9 Å². The molecule has 0 bridgehead atoms. The van der Waals surface area contributed by atoms with E-state index in [9.17, 15) is 4.39 Å². The van der Waals surface area contributed by atoms with Crippen LogP contribution in [0.25, 0.3) is 0 Å². The first-order chi connectivity index (χ1) is 9.56. The van der Waals surface area contributed by atoms with Gasteiger partial charge in [-0.25, -0.2) is 4.39 Å². The van der Waals surface area contributed by atoms with E-state index < -0.39 is 0 Å². The molecule has 0 aromatic heterocycles. The van der Waals surface area contributed by atoms with Crippen molar-refractivity contribution in [2.75, 3.05) is 19.6 Å². The van der Waals surface area contributed by atoms with Gasteiger partial charge < -0.3 is 10.6 Å². The molecule has 0 spiro atoms. The zero-order valence-electron chi connectivity index (χ0n) is 12.7. The van der Waals surface area contributed by atoms with Crippen molar-refractivity contribution in [3.05, 3.63) is 35.1 Å². The smallest absolute Gasteiger partial charge is 0.126 e. The normalized spacial score (nSPS) is 22.5. The van der Waals surface area contributed by atoms with Gasteiger partial charge in [-0.2, -0.15) is 0 Å². The number of hydrogen-bond acceptors (Lipinski definition) is 2. The van der Waals surface area contributed by atoms with Gasteiger partial charge in [-0.1, -0.05) is 19.1 Å². The highest BCUT2D eigenvalue weighted by molar-refractivity contribution is 5.25. The van der Waals surface area contributed by atoms with Crippen LogP contribution in [0.1, 0.15) is 49.8 Å². The number of rotatable bonds is 4. The third-order valence-corrected chi connectivity index (χ3v) is 4.49. The summed E-state index contributed by atoms with van der Waals surface area (Å²) in [5.74, 6) is 0.696. The third-order valence-electron chi connectivity index (χ3n) is 4.49. The molecule has 1 aromatic carbocycles. The van der Waals surface area contributed by atoms with Gasteiger partial charge >= 0.3 is 0 Å². The minimum atomic E-state index is -0.151. The van der Waals surface area contributed by atoms with Gasteiger partial charge in [-0.05, 0) is 75.4 Å². The summed E-state index contributed by atoms with van der Waals surface area (Å²) in [5, 5.41) is 0. The van der Waals surface area contributed by atoms with E-state index >= 15 is 0 Å². The van der Waals surface area contributed by atoms with Crippen LogP contribution in [0.2, 0.25) is 0 Å². The van der Waals surface area contributed by atoms with Crippen LogP contribution < -0.4 is 5.73 Å². The molecule has 2 atom stereocenters. The summed E-state index contributed by atoms with van der Waals surface area (Å²) in [6, 6.07) is 5.29. The Kier molecular flexibility index (Phi) is 5.55. The highest BCUT2D eigenvalue weighted by atomic mass is 19.1. The molecular weight excluding hydrogens is 251 g/mol. The first-order valence-corrected chi connectivity index (χ1v) is 7.80. The molecule has 0 amide bonds. The lowest BCUT2D eigenvalue weighted by molar-refractivity contribution is 0.270. The lowest BCUT2D eigenvalue weighted by atomic mass is 10.0. The van der Waals surface area contributed by atoms with Crippen molar-refractivity contribution >= 4 is 0 Å². The van der Waals surface area contributed by atoms with Crippen LogP contribution >= 0.6 is 0 Å². The highest BCUT2D eigenvalue weighted by Crippen LogP contribution is 2.20. The molecule has 20 heavy (non-hydrogen) atoms. The number of likely N-dealkylation sites (tertiary alicyclic amines) is 1. The van der Waals surface area contributed by atoms with E-state index in [1.807, 2.05) is 12.1 Å². The Balaban J connectivity index is 1.85. The zero-order chi connectivity index (χ0) is 14.5. The second-order valence-corrected chi connectivity index (χ2v) is 6.28. The second kappa shape index (κ2) is 7.19. The summed E-state index contributed by atoms with van der Waals surface area (Å²) in [6.45, 7) is 7.49. The Hall–Kier alpha value is -0.930. The fraction of sp³-hybridized carbons (Fsp3) is 0.647. The lowest BCUT2D eigenvalue weighted by Crippen LogP contribution is -2.28. The number of aryl methyl sites for hydroxylation is 1. The molecule has 2 nitrogen and oxygen atoms in total. The Labute approximate surface area is 122 Å². The van der Waals surface area contributed by atoms with Gasteiger partial charge in [0.25, 0.3) is 0 Å². The van der Waals surface area contributed by atoms with Crippen LogP contribution in [0.5, 0.6) is 0 Å². The molecule has 1 aliphatic rings. The molecule has 112 valence electrons. The number of nitrogens with zero attached hydrogens (tertiary/aromatic N) is 1. The number of halogens is 1. The predicted molar refractivity (Wildman–Crippen MR) is 82.1 cm³/mol. The van der Waals surface area contributed by atoms with Crippen molar-refractivity contribution < 1.29 is 4.39 Å². The van der Waals surface area contributed by atoms with Crippen LogP contribution in [0.4, 0.5) is 4.39 Å². The average Bonchev–Trinajstić information content (AvgIpc) is 2.64. The van der Waals surface area contributed by atoms with Crippen molar-refractivity contribution in [1.82, 2.24) is 4.90 Å². The van der Waals surface area contributed by atoms with Gasteiger partial charge in [0.2, 0.25) is 0 Å². The molecule has 1 heterocycles. The molecular formula is C17H27FN2. The van der Waals surface area contributed by atoms with Gasteiger partial charge in [0.05, 0.1) is 0 Å². The standard InChI is InChI=1S/C17H27FN2/c1-13-4-3-9-20(10-7-13)11-8-17(19)15-6-5-14(2)16(18)12-15/h5-6,12-13,17H,3-4,7-11,19H2,1-2H3. The molecule has 2 unspecified atom stereocenters. The summed E-state index contributed by atoms with van der Waals surface area (Å²) >= 11 is 0. The summed E-state index contributed by atoms with van der Waals surface area (Å²) in [4.78, 5) is 2.51. The van der Waals surface area contributed by atoms with Crippen LogP contribution in [-0.2, 0) is 0 Å². The van der Waals surface area contributed by atoms with Crippen LogP contribution in [0.15, 0.2) is 18.2 Å². The summed E-state index contributed by atoms with van der Waals surface area (Å²) in [7, 11) is 0. The molecule has 0 radical (unpaired) electrons. The molecule has 0 aliphatic carbocycles. The Bertz CT molecular complexity index is 433. The first kappa shape index (κ1) is 15.5. The van der Waals surface area contributed by atoms with Crippen LogP contribution in [-0.4, -0.2) is 24.5 Å². The van der Waals surface area contributed by atoms with E-state index in [4.69, 9.17) is 5.73 Å². The van der Waals surface area contributed by atoms with Crippen LogP contribution in [0.3, 0.4) is 0 Å². The minimum absolute atomic E-state index is 0.0641. The van der Waals surface area contributed by atoms with E-state index in [0.717, 1.165) is 24.4 Å². The molecule has 1 aromatic rings. The number of hydrogen-bond donors (Lipinski definition) is 1. The Morgan fingerprint density at radius 3 is 2.90 bits per heavy atom. The molecule has 1 saturated heterocycles. The van der Waals surface area contributed by atoms with E-state index in [2.05, 4.69) is 11.8 Å². The van der Waals surface area contributed by atoms with Crippen LogP contribution in [0, 0.1) is 18.7 Å². The summed E-state index contributed by atoms with van der Waals surface area (Å²) in [5.41, 5.74) is 7.80. The minimum Gasteiger partial charge on any atom is -0.324 e. The molecule has 2 rings (SSSR count). The Morgan fingerprint density at radius 1 is 1.35 bits per heavy atom. The van der Waals surface area contributed by atoms with Crippen molar-refractivity contribution in [2.24, 2.45) is 11.7 Å². The SMILES string of the molecule is Cc1ccc(C(N)CCN2CCCC(C)CC2)cc1F. The fourth-order valence-electron chi connectivity index (χ4n) is 2.87. The van der Waals surface area contributed by atoms with E-state index in [1.165, 1.54) is 32.4 Å². The maximum absolute atomic E-state index is 13.6. The molecule has 0 saturated carbocycles. The van der Waals surface area contributed by atoms with Gasteiger partial charge in [0.15, 0.2) is 0 Å². The highest BCUT2D eigenvalue weighted by Gasteiger charge is 2.15. The summed E-state index contributed by atoms with van der Waals surface area (Å²) in [6.07, 6.45) is 4.81. The monoisotopic (exact) mass is 278 g/mol. The lowest BCUT2D eigenvalue weighted by Gasteiger charge is -2.22. The third kappa shape index (κ3) is 4.29. The largest absolute Gasteiger partial charge is 0.324 e. The maximum atomic E-state index is 13.6. The molecule has 1 fully saturated rings. The quantitative estimate of drug-likeness (QED) is 0.911. The van der Waals surface area contributed by atoms with Gasteiger partial charge in [-0.3, -0.25) is 0 Å². The predicted octanol–water partition coefficient (Wildman–Crippen LogP) is 3.65. The van der Waals surface area contributed by atoms with Gasteiger partial charge in [0.1, 0.15) is 5.82 Å². The maximum Gasteiger partial charge on any atom is 0.126 e. The molecule has 3 heteroatoms. The van der Waals surface area contributed by atoms with E-state index in [1.54, 1.807) is 13.0 Å². The van der Waals surface area contributed by atoms with Crippen molar-refractivity contribution in [3.8, 4) is 0 Å². The summed E-state index contributed by atoms with van der Waals surface area (Å²) < 4.78 is 13.6. The Morgan fingerprint density at radius 2 is 2.15 bits per heavy atom. The zero-order valence-corrected chi connectivity index (χ0v) is 12.7. The number of benzene rings is 1. The van der Waals surface area contributed by atoms with Crippen molar-refractivity contribution in [3.63, 3.8) is 0 Å². The fourth-order valence-corrected chi connectivity index (χ4v) is 2.87.